The van der Waals surface area contributed by atoms with Crippen molar-refractivity contribution in [3.8, 4) is 0 Å². The fourth-order valence-corrected chi connectivity index (χ4v) is 2.22. The molecule has 0 bridgehead atoms. The topological polar surface area (TPSA) is 50.4 Å². The van der Waals surface area contributed by atoms with E-state index in [1.165, 1.54) is 12.1 Å². The number of rotatable bonds is 3. The lowest BCUT2D eigenvalue weighted by Gasteiger charge is -2.23. The average molecular weight is 317 g/mol. The summed E-state index contributed by atoms with van der Waals surface area (Å²) < 4.78 is 19.0. The third kappa shape index (κ3) is 3.76. The predicted molar refractivity (Wildman–Crippen MR) is 69.0 cm³/mol. The first-order chi connectivity index (χ1) is 8.65. The van der Waals surface area contributed by atoms with Gasteiger partial charge >= 0.3 is 0 Å². The molecule has 4 nitrogen and oxygen atoms in total. The van der Waals surface area contributed by atoms with E-state index < -0.39 is 5.82 Å². The predicted octanol–water partition coefficient (Wildman–Crippen LogP) is 1.31. The van der Waals surface area contributed by atoms with Crippen LogP contribution in [0.4, 0.5) is 4.39 Å². The van der Waals surface area contributed by atoms with Crippen molar-refractivity contribution in [1.29, 1.82) is 0 Å². The highest BCUT2D eigenvalue weighted by atomic mass is 79.9. The molecular weight excluding hydrogens is 303 g/mol. The largest absolute Gasteiger partial charge is 0.378 e. The SMILES string of the molecule is O=C(NCC1COCCN1)c1cc(F)cc(Br)c1. The maximum absolute atomic E-state index is 13.1. The Morgan fingerprint density at radius 2 is 2.39 bits per heavy atom. The van der Waals surface area contributed by atoms with Gasteiger partial charge in [-0.15, -0.1) is 0 Å². The van der Waals surface area contributed by atoms with Gasteiger partial charge in [0, 0.05) is 29.2 Å². The van der Waals surface area contributed by atoms with Crippen LogP contribution in [0.2, 0.25) is 0 Å². The number of amides is 1. The molecule has 0 radical (unpaired) electrons. The van der Waals surface area contributed by atoms with E-state index in [1.54, 1.807) is 6.07 Å². The molecule has 1 amide bonds. The summed E-state index contributed by atoms with van der Waals surface area (Å²) in [5, 5.41) is 5.98. The molecule has 1 unspecified atom stereocenters. The van der Waals surface area contributed by atoms with E-state index in [4.69, 9.17) is 4.74 Å². The van der Waals surface area contributed by atoms with Crippen molar-refractivity contribution in [3.63, 3.8) is 0 Å². The van der Waals surface area contributed by atoms with Gasteiger partial charge in [-0.25, -0.2) is 4.39 Å². The van der Waals surface area contributed by atoms with Crippen LogP contribution in [0.5, 0.6) is 0 Å². The summed E-state index contributed by atoms with van der Waals surface area (Å²) in [5.74, 6) is -0.726. The summed E-state index contributed by atoms with van der Waals surface area (Å²) in [6.07, 6.45) is 0. The van der Waals surface area contributed by atoms with Crippen LogP contribution in [0.15, 0.2) is 22.7 Å². The molecular formula is C12H14BrFN2O2. The van der Waals surface area contributed by atoms with E-state index >= 15 is 0 Å². The number of nitrogens with one attached hydrogen (secondary N) is 2. The van der Waals surface area contributed by atoms with E-state index in [0.29, 0.717) is 29.8 Å². The smallest absolute Gasteiger partial charge is 0.251 e. The van der Waals surface area contributed by atoms with E-state index in [9.17, 15) is 9.18 Å². The van der Waals surface area contributed by atoms with Gasteiger partial charge in [0.15, 0.2) is 0 Å². The van der Waals surface area contributed by atoms with Crippen molar-refractivity contribution in [1.82, 2.24) is 10.6 Å². The minimum Gasteiger partial charge on any atom is -0.378 e. The highest BCUT2D eigenvalue weighted by molar-refractivity contribution is 9.10. The van der Waals surface area contributed by atoms with Crippen LogP contribution in [0.1, 0.15) is 10.4 Å². The Morgan fingerprint density at radius 1 is 1.56 bits per heavy atom. The number of carbonyl (C=O) groups excluding carboxylic acids is 1. The lowest BCUT2D eigenvalue weighted by molar-refractivity contribution is 0.0734. The number of carbonyl (C=O) groups is 1. The van der Waals surface area contributed by atoms with Gasteiger partial charge < -0.3 is 15.4 Å². The third-order valence-corrected chi connectivity index (χ3v) is 3.09. The highest BCUT2D eigenvalue weighted by Crippen LogP contribution is 2.14. The molecule has 0 aliphatic carbocycles. The molecule has 1 aromatic carbocycles. The molecule has 0 aromatic heterocycles. The fraction of sp³-hybridized carbons (Fsp3) is 0.417. The Bertz CT molecular complexity index is 416. The van der Waals surface area contributed by atoms with Crippen LogP contribution in [0.25, 0.3) is 0 Å². The first-order valence-corrected chi connectivity index (χ1v) is 6.50. The van der Waals surface area contributed by atoms with Gasteiger partial charge in [0.2, 0.25) is 0 Å². The average Bonchev–Trinajstić information content (AvgIpc) is 2.36. The van der Waals surface area contributed by atoms with Gasteiger partial charge in [-0.05, 0) is 18.2 Å². The molecule has 1 aliphatic rings. The molecule has 98 valence electrons. The zero-order valence-electron chi connectivity index (χ0n) is 9.71. The molecule has 0 saturated carbocycles. The second kappa shape index (κ2) is 6.26. The molecule has 1 atom stereocenters. The summed E-state index contributed by atoms with van der Waals surface area (Å²) in [6, 6.07) is 4.22. The lowest BCUT2D eigenvalue weighted by Crippen LogP contribution is -2.48. The molecule has 18 heavy (non-hydrogen) atoms. The Labute approximate surface area is 113 Å². The van der Waals surface area contributed by atoms with Gasteiger partial charge in [-0.1, -0.05) is 15.9 Å². The van der Waals surface area contributed by atoms with Crippen LogP contribution in [0, 0.1) is 5.82 Å². The van der Waals surface area contributed by atoms with Crippen molar-refractivity contribution in [2.45, 2.75) is 6.04 Å². The molecule has 1 heterocycles. The van der Waals surface area contributed by atoms with Crippen molar-refractivity contribution in [2.75, 3.05) is 26.3 Å². The zero-order chi connectivity index (χ0) is 13.0. The molecule has 1 aliphatic heterocycles. The van der Waals surface area contributed by atoms with Crippen molar-refractivity contribution in [3.05, 3.63) is 34.1 Å². The minimum absolute atomic E-state index is 0.111. The first-order valence-electron chi connectivity index (χ1n) is 5.70. The number of hydrogen-bond acceptors (Lipinski definition) is 3. The van der Waals surface area contributed by atoms with Crippen LogP contribution in [0.3, 0.4) is 0 Å². The Balaban J connectivity index is 1.90. The van der Waals surface area contributed by atoms with Crippen LogP contribution in [-0.2, 0) is 4.74 Å². The zero-order valence-corrected chi connectivity index (χ0v) is 11.3. The van der Waals surface area contributed by atoms with Crippen molar-refractivity contribution >= 4 is 21.8 Å². The second-order valence-corrected chi connectivity index (χ2v) is 5.01. The second-order valence-electron chi connectivity index (χ2n) is 4.09. The van der Waals surface area contributed by atoms with Gasteiger partial charge in [-0.2, -0.15) is 0 Å². The van der Waals surface area contributed by atoms with E-state index in [-0.39, 0.29) is 11.9 Å². The number of halogens is 2. The Morgan fingerprint density at radius 3 is 3.06 bits per heavy atom. The van der Waals surface area contributed by atoms with Gasteiger partial charge in [0.05, 0.1) is 13.2 Å². The quantitative estimate of drug-likeness (QED) is 0.884. The maximum Gasteiger partial charge on any atom is 0.251 e. The van der Waals surface area contributed by atoms with Gasteiger partial charge in [0.25, 0.3) is 5.91 Å². The number of ether oxygens (including phenoxy) is 1. The first kappa shape index (κ1) is 13.5. The standard InChI is InChI=1S/C12H14BrFN2O2/c13-9-3-8(4-10(14)5-9)12(17)16-6-11-7-18-2-1-15-11/h3-5,11,15H,1-2,6-7H2,(H,16,17). The fourth-order valence-electron chi connectivity index (χ4n) is 1.75. The summed E-state index contributed by atoms with van der Waals surface area (Å²) >= 11 is 3.16. The highest BCUT2D eigenvalue weighted by Gasteiger charge is 2.15. The lowest BCUT2D eigenvalue weighted by atomic mass is 10.2. The number of benzene rings is 1. The summed E-state index contributed by atoms with van der Waals surface area (Å²) in [7, 11) is 0. The van der Waals surface area contributed by atoms with Crippen LogP contribution < -0.4 is 10.6 Å². The maximum atomic E-state index is 13.1. The Hall–Kier alpha value is -0.980. The van der Waals surface area contributed by atoms with E-state index in [2.05, 4.69) is 26.6 Å². The van der Waals surface area contributed by atoms with Crippen LogP contribution in [-0.4, -0.2) is 38.3 Å². The Kier molecular flexibility index (Phi) is 4.68. The number of hydrogen-bond donors (Lipinski definition) is 2. The number of morpholine rings is 1. The molecule has 0 spiro atoms. The third-order valence-electron chi connectivity index (χ3n) is 2.63. The molecule has 1 fully saturated rings. The summed E-state index contributed by atoms with van der Waals surface area (Å²) in [4.78, 5) is 11.8. The van der Waals surface area contributed by atoms with E-state index in [0.717, 1.165) is 6.54 Å². The van der Waals surface area contributed by atoms with Gasteiger partial charge in [0.1, 0.15) is 5.82 Å². The van der Waals surface area contributed by atoms with Crippen LogP contribution >= 0.6 is 15.9 Å². The molecule has 1 saturated heterocycles. The molecule has 2 rings (SSSR count). The normalized spacial score (nSPS) is 19.6. The molecule has 1 aromatic rings. The summed E-state index contributed by atoms with van der Waals surface area (Å²) in [5.41, 5.74) is 0.304. The monoisotopic (exact) mass is 316 g/mol. The van der Waals surface area contributed by atoms with Crippen molar-refractivity contribution in [2.24, 2.45) is 0 Å². The molecule has 6 heteroatoms. The van der Waals surface area contributed by atoms with Gasteiger partial charge in [-0.3, -0.25) is 4.79 Å². The minimum atomic E-state index is -0.436. The van der Waals surface area contributed by atoms with Crippen molar-refractivity contribution < 1.29 is 13.9 Å². The summed E-state index contributed by atoms with van der Waals surface area (Å²) in [6.45, 7) is 2.52. The molecule has 2 N–H and O–H groups in total. The van der Waals surface area contributed by atoms with E-state index in [1.807, 2.05) is 0 Å².